The summed E-state index contributed by atoms with van der Waals surface area (Å²) in [6.07, 6.45) is -1.38. The topological polar surface area (TPSA) is 83.0 Å². The lowest BCUT2D eigenvalue weighted by Gasteiger charge is -2.40. The van der Waals surface area contributed by atoms with E-state index in [1.54, 1.807) is 44.7 Å². The van der Waals surface area contributed by atoms with Gasteiger partial charge in [-0.3, -0.25) is 14.6 Å². The summed E-state index contributed by atoms with van der Waals surface area (Å²) in [5.74, 6) is -0.802. The molecule has 1 aliphatic heterocycles. The van der Waals surface area contributed by atoms with Crippen molar-refractivity contribution in [1.82, 2.24) is 9.88 Å². The molecule has 0 aliphatic carbocycles. The standard InChI is InChI=1S/C38H41F4N3O.C4H10O.C3H6O2/c1-6-33-25(2)43-26(3)34(35(33)44-21-19-37(4,5)20-22-44)29-11-7-27(8-12-29)23-45(24-28-9-17-32(39)18-10-28)36(46)30-13-15-31(16-14-30)38(40,41)42;1-4(2,3)5;1-2-5-3-4/h7-18H,6,19-24H2,1-5H3;5H,1-3H3;3H,2H2,1H3. The van der Waals surface area contributed by atoms with Gasteiger partial charge in [-0.15, -0.1) is 0 Å². The number of piperidine rings is 1. The van der Waals surface area contributed by atoms with Gasteiger partial charge >= 0.3 is 6.18 Å². The number of nitrogens with zero attached hydrogens (tertiary/aromatic N) is 3. The van der Waals surface area contributed by atoms with Gasteiger partial charge in [-0.05, 0) is 125 Å². The van der Waals surface area contributed by atoms with Gasteiger partial charge in [0, 0.05) is 48.7 Å². The van der Waals surface area contributed by atoms with Crippen LogP contribution < -0.4 is 4.90 Å². The summed E-state index contributed by atoms with van der Waals surface area (Å²) in [5.41, 5.74) is 7.43. The molecule has 2 heterocycles. The summed E-state index contributed by atoms with van der Waals surface area (Å²) >= 11 is 0. The van der Waals surface area contributed by atoms with E-state index in [1.807, 2.05) is 12.1 Å². The first-order valence-electron chi connectivity index (χ1n) is 19.0. The normalized spacial score (nSPS) is 13.8. The number of alkyl halides is 3. The van der Waals surface area contributed by atoms with E-state index in [4.69, 9.17) is 10.1 Å². The van der Waals surface area contributed by atoms with Crippen molar-refractivity contribution in [3.05, 3.63) is 118 Å². The van der Waals surface area contributed by atoms with Crippen LogP contribution in [0.15, 0.2) is 72.8 Å². The maximum Gasteiger partial charge on any atom is 0.416 e. The van der Waals surface area contributed by atoms with Crippen molar-refractivity contribution < 1.29 is 37.0 Å². The Balaban J connectivity index is 0.000000748. The number of aliphatic hydroxyl groups is 1. The molecule has 0 radical (unpaired) electrons. The average Bonchev–Trinajstić information content (AvgIpc) is 3.12. The van der Waals surface area contributed by atoms with E-state index >= 15 is 0 Å². The molecular formula is C45H57F4N3O4. The molecule has 3 aromatic carbocycles. The highest BCUT2D eigenvalue weighted by Crippen LogP contribution is 2.41. The Morgan fingerprint density at radius 2 is 1.38 bits per heavy atom. The van der Waals surface area contributed by atoms with Crippen molar-refractivity contribution in [3.8, 4) is 11.1 Å². The molecule has 0 unspecified atom stereocenters. The van der Waals surface area contributed by atoms with Crippen LogP contribution in [0.5, 0.6) is 0 Å². The fourth-order valence-electron chi connectivity index (χ4n) is 6.38. The molecule has 56 heavy (non-hydrogen) atoms. The quantitative estimate of drug-likeness (QED) is 0.127. The van der Waals surface area contributed by atoms with Gasteiger partial charge in [0.1, 0.15) is 5.82 Å². The predicted octanol–water partition coefficient (Wildman–Crippen LogP) is 10.5. The second kappa shape index (κ2) is 19.9. The Morgan fingerprint density at radius 3 is 1.80 bits per heavy atom. The highest BCUT2D eigenvalue weighted by atomic mass is 19.4. The first-order valence-corrected chi connectivity index (χ1v) is 19.0. The number of benzene rings is 3. The molecule has 7 nitrogen and oxygen atoms in total. The van der Waals surface area contributed by atoms with E-state index in [-0.39, 0.29) is 24.5 Å². The number of aromatic nitrogens is 1. The van der Waals surface area contributed by atoms with Gasteiger partial charge in [0.15, 0.2) is 0 Å². The van der Waals surface area contributed by atoms with Crippen LogP contribution >= 0.6 is 0 Å². The molecule has 1 saturated heterocycles. The molecule has 1 fully saturated rings. The molecule has 4 aromatic rings. The van der Waals surface area contributed by atoms with Crippen molar-refractivity contribution in [2.75, 3.05) is 24.6 Å². The maximum absolute atomic E-state index is 13.6. The van der Waals surface area contributed by atoms with Crippen LogP contribution in [0.25, 0.3) is 11.1 Å². The summed E-state index contributed by atoms with van der Waals surface area (Å²) in [4.78, 5) is 31.8. The van der Waals surface area contributed by atoms with E-state index in [9.17, 15) is 27.2 Å². The number of carbonyl (C=O) groups excluding carboxylic acids is 2. The Morgan fingerprint density at radius 1 is 0.875 bits per heavy atom. The monoisotopic (exact) mass is 779 g/mol. The number of carbonyl (C=O) groups is 2. The second-order valence-electron chi connectivity index (χ2n) is 15.8. The Hall–Kier alpha value is -4.77. The van der Waals surface area contributed by atoms with Crippen LogP contribution in [0.4, 0.5) is 23.2 Å². The number of rotatable bonds is 10. The van der Waals surface area contributed by atoms with Crippen molar-refractivity contribution in [3.63, 3.8) is 0 Å². The molecule has 5 rings (SSSR count). The van der Waals surface area contributed by atoms with Gasteiger partial charge in [-0.2, -0.15) is 13.2 Å². The minimum absolute atomic E-state index is 0.148. The number of hydrogen-bond donors (Lipinski definition) is 1. The van der Waals surface area contributed by atoms with Gasteiger partial charge in [0.2, 0.25) is 0 Å². The third-order valence-corrected chi connectivity index (χ3v) is 9.33. The molecular weight excluding hydrogens is 723 g/mol. The second-order valence-corrected chi connectivity index (χ2v) is 15.8. The summed E-state index contributed by atoms with van der Waals surface area (Å²) in [6.45, 7) is 21.2. The summed E-state index contributed by atoms with van der Waals surface area (Å²) in [5, 5.41) is 8.52. The van der Waals surface area contributed by atoms with Crippen molar-refractivity contribution in [2.45, 2.75) is 106 Å². The smallest absolute Gasteiger partial charge is 0.416 e. The zero-order valence-electron chi connectivity index (χ0n) is 34.2. The van der Waals surface area contributed by atoms with E-state index in [0.717, 1.165) is 72.6 Å². The number of halogens is 4. The number of amides is 1. The molecule has 1 aliphatic rings. The van der Waals surface area contributed by atoms with Crippen molar-refractivity contribution in [1.29, 1.82) is 0 Å². The third kappa shape index (κ3) is 13.8. The minimum Gasteiger partial charge on any atom is -0.468 e. The first kappa shape index (κ1) is 45.6. The van der Waals surface area contributed by atoms with Crippen molar-refractivity contribution >= 4 is 18.1 Å². The van der Waals surface area contributed by atoms with Crippen LogP contribution in [0.3, 0.4) is 0 Å². The lowest BCUT2D eigenvalue weighted by Crippen LogP contribution is -2.38. The third-order valence-electron chi connectivity index (χ3n) is 9.33. The van der Waals surface area contributed by atoms with E-state index in [2.05, 4.69) is 56.4 Å². The molecule has 0 bridgehead atoms. The average molecular weight is 780 g/mol. The molecule has 11 heteroatoms. The summed E-state index contributed by atoms with van der Waals surface area (Å²) < 4.78 is 57.2. The number of ether oxygens (including phenoxy) is 1. The summed E-state index contributed by atoms with van der Waals surface area (Å²) in [6, 6.07) is 18.2. The fraction of sp³-hybridized carbons (Fsp3) is 0.444. The van der Waals surface area contributed by atoms with Gasteiger partial charge in [0.05, 0.1) is 23.5 Å². The largest absolute Gasteiger partial charge is 0.468 e. The zero-order valence-corrected chi connectivity index (χ0v) is 34.2. The first-order chi connectivity index (χ1) is 26.2. The zero-order chi connectivity index (χ0) is 41.8. The maximum atomic E-state index is 13.6. The molecule has 0 spiro atoms. The minimum atomic E-state index is -4.50. The molecule has 304 valence electrons. The van der Waals surface area contributed by atoms with Gasteiger partial charge in [-0.1, -0.05) is 57.2 Å². The van der Waals surface area contributed by atoms with Gasteiger partial charge < -0.3 is 19.6 Å². The predicted molar refractivity (Wildman–Crippen MR) is 215 cm³/mol. The van der Waals surface area contributed by atoms with Crippen LogP contribution in [-0.4, -0.2) is 52.7 Å². The number of anilines is 1. The molecule has 1 amide bonds. The Labute approximate surface area is 329 Å². The lowest BCUT2D eigenvalue weighted by molar-refractivity contribution is -0.137. The molecule has 1 aromatic heterocycles. The number of hydrogen-bond acceptors (Lipinski definition) is 6. The number of pyridine rings is 1. The van der Waals surface area contributed by atoms with Gasteiger partial charge in [0.25, 0.3) is 12.4 Å². The Kier molecular flexibility index (Phi) is 16.2. The Bertz CT molecular complexity index is 1850. The van der Waals surface area contributed by atoms with Crippen LogP contribution in [-0.2, 0) is 35.2 Å². The van der Waals surface area contributed by atoms with Crippen molar-refractivity contribution in [2.24, 2.45) is 5.41 Å². The molecule has 0 atom stereocenters. The van der Waals surface area contributed by atoms with Crippen LogP contribution in [0.2, 0.25) is 0 Å². The van der Waals surface area contributed by atoms with E-state index in [1.165, 1.54) is 35.5 Å². The fourth-order valence-corrected chi connectivity index (χ4v) is 6.38. The van der Waals surface area contributed by atoms with Crippen LogP contribution in [0.1, 0.15) is 105 Å². The molecule has 0 saturated carbocycles. The number of aryl methyl sites for hydroxylation is 2. The molecule has 1 N–H and O–H groups in total. The highest BCUT2D eigenvalue weighted by molar-refractivity contribution is 5.94. The highest BCUT2D eigenvalue weighted by Gasteiger charge is 2.31. The van der Waals surface area contributed by atoms with Crippen LogP contribution in [0, 0.1) is 25.1 Å². The van der Waals surface area contributed by atoms with E-state index in [0.29, 0.717) is 24.1 Å². The van der Waals surface area contributed by atoms with Gasteiger partial charge in [-0.25, -0.2) is 4.39 Å². The lowest BCUT2D eigenvalue weighted by atomic mass is 9.82. The summed E-state index contributed by atoms with van der Waals surface area (Å²) in [7, 11) is 0. The van der Waals surface area contributed by atoms with E-state index < -0.39 is 23.2 Å². The SMILES string of the molecule is CC(C)(C)O.CCOC=O.CCc1c(C)nc(C)c(-c2ccc(CN(Cc3ccc(F)cc3)C(=O)c3ccc(C(F)(F)F)cc3)cc2)c1N1CCC(C)(C)CC1.